The van der Waals surface area contributed by atoms with Crippen LogP contribution in [0.5, 0.6) is 0 Å². The number of aliphatic hydroxyl groups is 2. The van der Waals surface area contributed by atoms with E-state index in [2.05, 4.69) is 70.0 Å². The van der Waals surface area contributed by atoms with E-state index in [9.17, 15) is 10.2 Å². The van der Waals surface area contributed by atoms with Gasteiger partial charge in [0.1, 0.15) is 0 Å². The van der Waals surface area contributed by atoms with Crippen molar-refractivity contribution in [1.29, 1.82) is 0 Å². The molecule has 4 nitrogen and oxygen atoms in total. The molecule has 32 heavy (non-hydrogen) atoms. The number of ether oxygens (including phenoxy) is 1. The molecule has 0 amide bonds. The number of aryl methyl sites for hydroxylation is 1. The Kier molecular flexibility index (Phi) is 8.74. The summed E-state index contributed by atoms with van der Waals surface area (Å²) < 4.78 is 5.90. The Hall–Kier alpha value is -1.46. The van der Waals surface area contributed by atoms with Gasteiger partial charge in [0.05, 0.1) is 25.4 Å². The molecular formula is C28H43NO3. The molecule has 0 heterocycles. The van der Waals surface area contributed by atoms with Crippen LogP contribution in [0.15, 0.2) is 48.1 Å². The summed E-state index contributed by atoms with van der Waals surface area (Å²) in [7, 11) is 2.14. The first-order chi connectivity index (χ1) is 15.1. The van der Waals surface area contributed by atoms with Crippen LogP contribution in [0.25, 0.3) is 0 Å². The van der Waals surface area contributed by atoms with Crippen molar-refractivity contribution in [3.05, 3.63) is 59.2 Å². The van der Waals surface area contributed by atoms with Crippen LogP contribution < -0.4 is 0 Å². The molecule has 0 saturated heterocycles. The van der Waals surface area contributed by atoms with Crippen LogP contribution >= 0.6 is 0 Å². The number of likely N-dealkylation sites (N-methyl/N-ethyl adjacent to an activating group) is 1. The first-order valence-electron chi connectivity index (χ1n) is 12.2. The lowest BCUT2D eigenvalue weighted by atomic mass is 9.88. The molecule has 3 rings (SSSR count). The van der Waals surface area contributed by atoms with Gasteiger partial charge in [0.25, 0.3) is 0 Å². The maximum Gasteiger partial charge on any atom is 0.0761 e. The van der Waals surface area contributed by atoms with E-state index in [1.54, 1.807) is 0 Å². The van der Waals surface area contributed by atoms with Crippen LogP contribution in [-0.4, -0.2) is 59.7 Å². The monoisotopic (exact) mass is 441 g/mol. The van der Waals surface area contributed by atoms with Gasteiger partial charge < -0.3 is 14.9 Å². The van der Waals surface area contributed by atoms with Crippen LogP contribution in [0.1, 0.15) is 51.2 Å². The molecule has 0 spiro atoms. The van der Waals surface area contributed by atoms with Crippen molar-refractivity contribution in [3.63, 3.8) is 0 Å². The molecule has 0 aliphatic heterocycles. The lowest BCUT2D eigenvalue weighted by Gasteiger charge is -2.31. The Morgan fingerprint density at radius 2 is 2.03 bits per heavy atom. The van der Waals surface area contributed by atoms with Crippen LogP contribution in [0.2, 0.25) is 0 Å². The van der Waals surface area contributed by atoms with E-state index in [1.807, 2.05) is 12.1 Å². The number of benzene rings is 1. The number of fused-ring (bicyclic) bond motifs is 1. The highest BCUT2D eigenvalue weighted by atomic mass is 16.5. The summed E-state index contributed by atoms with van der Waals surface area (Å²) in [5.41, 5.74) is 3.99. The number of allylic oxidation sites excluding steroid dienone is 1. The molecular weight excluding hydrogens is 398 g/mol. The second kappa shape index (κ2) is 11.1. The van der Waals surface area contributed by atoms with Crippen LogP contribution in [0, 0.1) is 24.7 Å². The van der Waals surface area contributed by atoms with E-state index in [0.29, 0.717) is 18.3 Å². The molecule has 0 unspecified atom stereocenters. The minimum absolute atomic E-state index is 0.127. The first kappa shape index (κ1) is 25.2. The maximum absolute atomic E-state index is 10.6. The van der Waals surface area contributed by atoms with Crippen molar-refractivity contribution in [1.82, 2.24) is 4.90 Å². The highest BCUT2D eigenvalue weighted by molar-refractivity contribution is 5.24. The third-order valence-electron chi connectivity index (χ3n) is 7.32. The fourth-order valence-corrected chi connectivity index (χ4v) is 5.04. The number of aliphatic hydroxyl groups excluding tert-OH is 2. The molecule has 0 radical (unpaired) electrons. The Morgan fingerprint density at radius 1 is 1.25 bits per heavy atom. The van der Waals surface area contributed by atoms with Crippen LogP contribution in [0.3, 0.4) is 0 Å². The third-order valence-corrected chi connectivity index (χ3v) is 7.32. The van der Waals surface area contributed by atoms with E-state index >= 15 is 0 Å². The summed E-state index contributed by atoms with van der Waals surface area (Å²) >= 11 is 0. The molecule has 2 N–H and O–H groups in total. The van der Waals surface area contributed by atoms with Gasteiger partial charge in [-0.2, -0.15) is 0 Å². The highest BCUT2D eigenvalue weighted by Gasteiger charge is 2.43. The lowest BCUT2D eigenvalue weighted by Crippen LogP contribution is -2.40. The van der Waals surface area contributed by atoms with Gasteiger partial charge >= 0.3 is 0 Å². The van der Waals surface area contributed by atoms with E-state index in [-0.39, 0.29) is 17.6 Å². The van der Waals surface area contributed by atoms with Crippen molar-refractivity contribution < 1.29 is 14.9 Å². The van der Waals surface area contributed by atoms with Crippen molar-refractivity contribution in [2.75, 3.05) is 26.8 Å². The topological polar surface area (TPSA) is 52.9 Å². The van der Waals surface area contributed by atoms with Gasteiger partial charge in [0.2, 0.25) is 0 Å². The van der Waals surface area contributed by atoms with Gasteiger partial charge in [-0.05, 0) is 71.4 Å². The highest BCUT2D eigenvalue weighted by Crippen LogP contribution is 2.47. The molecule has 1 aromatic carbocycles. The average molecular weight is 442 g/mol. The van der Waals surface area contributed by atoms with E-state index in [4.69, 9.17) is 4.74 Å². The molecule has 0 bridgehead atoms. The first-order valence-corrected chi connectivity index (χ1v) is 12.2. The fraction of sp³-hybridized carbons (Fsp3) is 0.643. The molecule has 5 atom stereocenters. The Balaban J connectivity index is 1.43. The lowest BCUT2D eigenvalue weighted by molar-refractivity contribution is 0.0820. The number of hydrogen-bond donors (Lipinski definition) is 2. The molecule has 1 fully saturated rings. The zero-order chi connectivity index (χ0) is 23.3. The Labute approximate surface area is 195 Å². The third kappa shape index (κ3) is 7.02. The van der Waals surface area contributed by atoms with Gasteiger partial charge in [0.15, 0.2) is 0 Å². The quantitative estimate of drug-likeness (QED) is 0.414. The second-order valence-corrected chi connectivity index (χ2v) is 10.8. The van der Waals surface area contributed by atoms with Crippen molar-refractivity contribution in [3.8, 4) is 0 Å². The standard InChI is InChI=1S/C28H43NO3/c1-20-7-6-8-21(15-20)17-24(30)9-10-25-26-18-22(16-23(26)19-27(25)31)11-13-32-14-12-29(5)28(2,3)4/h6-10,15-16,23-27,30-31H,11-14,17-19H2,1-5H3/t23-,24+,25+,26-,27+/m0/s1. The Bertz CT molecular complexity index is 794. The van der Waals surface area contributed by atoms with E-state index in [0.717, 1.165) is 44.6 Å². The number of nitrogens with zero attached hydrogens (tertiary/aromatic N) is 1. The van der Waals surface area contributed by atoms with Crippen molar-refractivity contribution in [2.45, 2.75) is 71.1 Å². The molecule has 4 heteroatoms. The van der Waals surface area contributed by atoms with E-state index < -0.39 is 6.10 Å². The van der Waals surface area contributed by atoms with Gasteiger partial charge in [0, 0.05) is 24.4 Å². The summed E-state index contributed by atoms with van der Waals surface area (Å²) in [6.45, 7) is 11.2. The van der Waals surface area contributed by atoms with Crippen LogP contribution in [-0.2, 0) is 11.2 Å². The van der Waals surface area contributed by atoms with Gasteiger partial charge in [-0.1, -0.05) is 53.6 Å². The predicted molar refractivity (Wildman–Crippen MR) is 132 cm³/mol. The van der Waals surface area contributed by atoms with Gasteiger partial charge in [-0.3, -0.25) is 4.90 Å². The summed E-state index contributed by atoms with van der Waals surface area (Å²) in [5, 5.41) is 21.1. The maximum atomic E-state index is 10.6. The van der Waals surface area contributed by atoms with Crippen molar-refractivity contribution in [2.24, 2.45) is 17.8 Å². The van der Waals surface area contributed by atoms with E-state index in [1.165, 1.54) is 11.1 Å². The second-order valence-electron chi connectivity index (χ2n) is 10.8. The summed E-state index contributed by atoms with van der Waals surface area (Å²) in [6.07, 6.45) is 8.98. The largest absolute Gasteiger partial charge is 0.392 e. The van der Waals surface area contributed by atoms with Crippen LogP contribution in [0.4, 0.5) is 0 Å². The fourth-order valence-electron chi connectivity index (χ4n) is 5.04. The zero-order valence-electron chi connectivity index (χ0n) is 20.6. The minimum Gasteiger partial charge on any atom is -0.392 e. The zero-order valence-corrected chi connectivity index (χ0v) is 20.6. The smallest absolute Gasteiger partial charge is 0.0761 e. The molecule has 1 aromatic rings. The minimum atomic E-state index is -0.517. The molecule has 2 aliphatic carbocycles. The average Bonchev–Trinajstić information content (AvgIpc) is 3.21. The Morgan fingerprint density at radius 3 is 2.75 bits per heavy atom. The predicted octanol–water partition coefficient (Wildman–Crippen LogP) is 4.53. The van der Waals surface area contributed by atoms with Gasteiger partial charge in [-0.25, -0.2) is 0 Å². The molecule has 2 aliphatic rings. The molecule has 178 valence electrons. The summed E-state index contributed by atoms with van der Waals surface area (Å²) in [6, 6.07) is 8.28. The SMILES string of the molecule is Cc1cccc(C[C@H](O)C=C[C@@H]2[C@H]3CC(CCOCCN(C)C(C)(C)C)=C[C@H]3C[C@H]2O)c1. The number of hydrogen-bond acceptors (Lipinski definition) is 4. The normalized spacial score (nSPS) is 26.7. The van der Waals surface area contributed by atoms with Gasteiger partial charge in [-0.15, -0.1) is 0 Å². The molecule has 0 aromatic heterocycles. The summed E-state index contributed by atoms with van der Waals surface area (Å²) in [5.74, 6) is 1.03. The van der Waals surface area contributed by atoms with Crippen molar-refractivity contribution >= 4 is 0 Å². The number of rotatable bonds is 10. The molecule has 1 saturated carbocycles. The summed E-state index contributed by atoms with van der Waals surface area (Å²) in [4.78, 5) is 2.32.